The van der Waals surface area contributed by atoms with Crippen molar-refractivity contribution < 1.29 is 5.11 Å². The van der Waals surface area contributed by atoms with E-state index in [1.54, 1.807) is 11.8 Å². The fraction of sp³-hybridized carbons (Fsp3) is 0.875. The average molecular weight is 173 g/mol. The summed E-state index contributed by atoms with van der Waals surface area (Å²) in [6, 6.07) is 2.19. The molecule has 0 amide bonds. The van der Waals surface area contributed by atoms with Crippen molar-refractivity contribution in [1.29, 1.82) is 5.26 Å². The van der Waals surface area contributed by atoms with E-state index >= 15 is 0 Å². The number of thioether (sulfide) groups is 1. The minimum atomic E-state index is 0.0300. The van der Waals surface area contributed by atoms with E-state index in [0.29, 0.717) is 11.7 Å². The molecular formula is C8H15NOS. The smallest absolute Gasteiger partial charge is 0.0657 e. The van der Waals surface area contributed by atoms with Gasteiger partial charge in [-0.1, -0.05) is 6.92 Å². The van der Waals surface area contributed by atoms with Gasteiger partial charge in [0, 0.05) is 17.8 Å². The standard InChI is InChI=1S/C8H15NOS/c1-7(11-2)5-8(6-9)3-4-10/h7-8,10H,3-5H2,1-2H3. The first kappa shape index (κ1) is 10.8. The van der Waals surface area contributed by atoms with Crippen molar-refractivity contribution in [2.45, 2.75) is 25.0 Å². The molecule has 0 saturated carbocycles. The number of hydrogen-bond donors (Lipinski definition) is 1. The largest absolute Gasteiger partial charge is 0.396 e. The van der Waals surface area contributed by atoms with Gasteiger partial charge in [0.05, 0.1) is 6.07 Å². The van der Waals surface area contributed by atoms with Crippen molar-refractivity contribution in [2.75, 3.05) is 12.9 Å². The molecule has 0 heterocycles. The predicted octanol–water partition coefficient (Wildman–Crippen LogP) is 1.65. The Bertz CT molecular complexity index is 133. The monoisotopic (exact) mass is 173 g/mol. The van der Waals surface area contributed by atoms with Crippen molar-refractivity contribution in [3.8, 4) is 6.07 Å². The molecule has 0 fully saturated rings. The fourth-order valence-electron chi connectivity index (χ4n) is 0.888. The number of nitrogens with zero attached hydrogens (tertiary/aromatic N) is 1. The van der Waals surface area contributed by atoms with Crippen LogP contribution in [-0.2, 0) is 0 Å². The minimum absolute atomic E-state index is 0.0300. The molecule has 0 aliphatic rings. The fourth-order valence-corrected chi connectivity index (χ4v) is 1.31. The molecule has 0 aromatic carbocycles. The SMILES string of the molecule is CSC(C)CC(C#N)CCO. The highest BCUT2D eigenvalue weighted by atomic mass is 32.2. The van der Waals surface area contributed by atoms with Crippen LogP contribution in [0.5, 0.6) is 0 Å². The van der Waals surface area contributed by atoms with E-state index in [1.165, 1.54) is 0 Å². The molecule has 2 nitrogen and oxygen atoms in total. The van der Waals surface area contributed by atoms with E-state index in [4.69, 9.17) is 10.4 Å². The summed E-state index contributed by atoms with van der Waals surface area (Å²) >= 11 is 1.76. The molecule has 1 N–H and O–H groups in total. The van der Waals surface area contributed by atoms with E-state index < -0.39 is 0 Å². The van der Waals surface area contributed by atoms with E-state index in [2.05, 4.69) is 13.0 Å². The molecule has 11 heavy (non-hydrogen) atoms. The van der Waals surface area contributed by atoms with Gasteiger partial charge < -0.3 is 5.11 Å². The van der Waals surface area contributed by atoms with Gasteiger partial charge in [0.2, 0.25) is 0 Å². The van der Waals surface area contributed by atoms with Gasteiger partial charge in [-0.25, -0.2) is 0 Å². The molecule has 64 valence electrons. The van der Waals surface area contributed by atoms with Crippen LogP contribution in [0.25, 0.3) is 0 Å². The van der Waals surface area contributed by atoms with E-state index in [9.17, 15) is 0 Å². The highest BCUT2D eigenvalue weighted by molar-refractivity contribution is 7.99. The minimum Gasteiger partial charge on any atom is -0.396 e. The molecular weight excluding hydrogens is 158 g/mol. The Morgan fingerprint density at radius 1 is 1.64 bits per heavy atom. The van der Waals surface area contributed by atoms with E-state index in [1.807, 2.05) is 6.26 Å². The second kappa shape index (κ2) is 6.51. The third-order valence-electron chi connectivity index (χ3n) is 1.68. The number of rotatable bonds is 5. The van der Waals surface area contributed by atoms with E-state index in [0.717, 1.165) is 6.42 Å². The van der Waals surface area contributed by atoms with Crippen LogP contribution in [0.2, 0.25) is 0 Å². The zero-order valence-corrected chi connectivity index (χ0v) is 7.90. The third kappa shape index (κ3) is 5.11. The molecule has 0 rings (SSSR count). The second-order valence-electron chi connectivity index (χ2n) is 2.62. The van der Waals surface area contributed by atoms with Gasteiger partial charge in [-0.2, -0.15) is 17.0 Å². The van der Waals surface area contributed by atoms with Crippen LogP contribution >= 0.6 is 11.8 Å². The van der Waals surface area contributed by atoms with Crippen molar-refractivity contribution in [3.63, 3.8) is 0 Å². The lowest BCUT2D eigenvalue weighted by Gasteiger charge is -2.11. The average Bonchev–Trinajstić information content (AvgIpc) is 2.03. The van der Waals surface area contributed by atoms with Gasteiger partial charge >= 0.3 is 0 Å². The highest BCUT2D eigenvalue weighted by Crippen LogP contribution is 2.17. The van der Waals surface area contributed by atoms with Crippen molar-refractivity contribution >= 4 is 11.8 Å². The van der Waals surface area contributed by atoms with Crippen molar-refractivity contribution in [2.24, 2.45) is 5.92 Å². The van der Waals surface area contributed by atoms with Crippen LogP contribution in [0.3, 0.4) is 0 Å². The molecule has 0 aliphatic carbocycles. The summed E-state index contributed by atoms with van der Waals surface area (Å²) in [5.41, 5.74) is 0. The van der Waals surface area contributed by atoms with Gasteiger partial charge in [0.15, 0.2) is 0 Å². The van der Waals surface area contributed by atoms with Crippen molar-refractivity contribution in [1.82, 2.24) is 0 Å². The first-order valence-corrected chi connectivity index (χ1v) is 5.06. The Morgan fingerprint density at radius 2 is 2.27 bits per heavy atom. The lowest BCUT2D eigenvalue weighted by atomic mass is 10.0. The first-order chi connectivity index (χ1) is 5.24. The van der Waals surface area contributed by atoms with Gasteiger partial charge in [0.25, 0.3) is 0 Å². The Kier molecular flexibility index (Phi) is 6.39. The highest BCUT2D eigenvalue weighted by Gasteiger charge is 2.10. The van der Waals surface area contributed by atoms with E-state index in [-0.39, 0.29) is 12.5 Å². The summed E-state index contributed by atoms with van der Waals surface area (Å²) in [7, 11) is 0. The van der Waals surface area contributed by atoms with Crippen LogP contribution in [0.4, 0.5) is 0 Å². The summed E-state index contributed by atoms with van der Waals surface area (Å²) < 4.78 is 0. The van der Waals surface area contributed by atoms with Crippen LogP contribution in [0.1, 0.15) is 19.8 Å². The summed E-state index contributed by atoms with van der Waals surface area (Å²) in [5.74, 6) is 0.0300. The Morgan fingerprint density at radius 3 is 2.64 bits per heavy atom. The maximum absolute atomic E-state index is 8.63. The lowest BCUT2D eigenvalue weighted by molar-refractivity contribution is 0.268. The number of hydrogen-bond acceptors (Lipinski definition) is 3. The molecule has 2 unspecified atom stereocenters. The number of nitriles is 1. The van der Waals surface area contributed by atoms with Crippen LogP contribution in [-0.4, -0.2) is 23.2 Å². The number of aliphatic hydroxyl groups is 1. The van der Waals surface area contributed by atoms with Gasteiger partial charge in [-0.3, -0.25) is 0 Å². The molecule has 0 radical (unpaired) electrons. The molecule has 0 saturated heterocycles. The molecule has 0 aromatic rings. The zero-order valence-electron chi connectivity index (χ0n) is 7.08. The molecule has 3 heteroatoms. The van der Waals surface area contributed by atoms with Crippen molar-refractivity contribution in [3.05, 3.63) is 0 Å². The normalized spacial score (nSPS) is 15.5. The van der Waals surface area contributed by atoms with Crippen LogP contribution < -0.4 is 0 Å². The second-order valence-corrected chi connectivity index (χ2v) is 3.90. The number of aliphatic hydroxyl groups excluding tert-OH is 1. The van der Waals surface area contributed by atoms with Crippen LogP contribution in [0.15, 0.2) is 0 Å². The maximum Gasteiger partial charge on any atom is 0.0657 e. The summed E-state index contributed by atoms with van der Waals surface area (Å²) in [6.07, 6.45) is 3.54. The Labute approximate surface area is 72.6 Å². The zero-order chi connectivity index (χ0) is 8.69. The lowest BCUT2D eigenvalue weighted by Crippen LogP contribution is -2.07. The van der Waals surface area contributed by atoms with Gasteiger partial charge in [-0.05, 0) is 19.1 Å². The molecule has 2 atom stereocenters. The Balaban J connectivity index is 3.61. The summed E-state index contributed by atoms with van der Waals surface area (Å²) in [6.45, 7) is 2.23. The molecule has 0 aromatic heterocycles. The topological polar surface area (TPSA) is 44.0 Å². The van der Waals surface area contributed by atoms with Gasteiger partial charge in [-0.15, -0.1) is 0 Å². The summed E-state index contributed by atoms with van der Waals surface area (Å²) in [5, 5.41) is 17.7. The predicted molar refractivity (Wildman–Crippen MR) is 48.4 cm³/mol. The molecule has 0 aliphatic heterocycles. The maximum atomic E-state index is 8.63. The molecule has 0 bridgehead atoms. The molecule has 0 spiro atoms. The van der Waals surface area contributed by atoms with Gasteiger partial charge in [0.1, 0.15) is 0 Å². The quantitative estimate of drug-likeness (QED) is 0.687. The third-order valence-corrected chi connectivity index (χ3v) is 2.68. The summed E-state index contributed by atoms with van der Waals surface area (Å²) in [4.78, 5) is 0. The Hall–Kier alpha value is -0.200. The van der Waals surface area contributed by atoms with Crippen LogP contribution in [0, 0.1) is 17.2 Å². The first-order valence-electron chi connectivity index (χ1n) is 3.77.